The number of rotatable bonds is 3. The average molecular weight is 338 g/mol. The summed E-state index contributed by atoms with van der Waals surface area (Å²) < 4.78 is 22.3. The van der Waals surface area contributed by atoms with Crippen LogP contribution in [0.2, 0.25) is 0 Å². The topological polar surface area (TPSA) is 80.5 Å². The van der Waals surface area contributed by atoms with Gasteiger partial charge in [-0.1, -0.05) is 32.9 Å². The molecule has 0 aliphatic carbocycles. The summed E-state index contributed by atoms with van der Waals surface area (Å²) in [5, 5.41) is 5.09. The van der Waals surface area contributed by atoms with Crippen molar-refractivity contribution in [2.45, 2.75) is 39.0 Å². The number of piperidine rings is 1. The average Bonchev–Trinajstić information content (AvgIpc) is 2.45. The van der Waals surface area contributed by atoms with Crippen molar-refractivity contribution in [1.82, 2.24) is 4.90 Å². The Morgan fingerprint density at radius 2 is 1.70 bits per heavy atom. The van der Waals surface area contributed by atoms with E-state index >= 15 is 0 Å². The molecule has 0 atom stereocenters. The van der Waals surface area contributed by atoms with Crippen LogP contribution in [0.5, 0.6) is 0 Å². The monoisotopic (exact) mass is 338 g/mol. The van der Waals surface area contributed by atoms with Gasteiger partial charge in [0.2, 0.25) is 10.0 Å². The number of nitrogens with two attached hydrogens (primary N) is 1. The highest BCUT2D eigenvalue weighted by molar-refractivity contribution is 7.89. The molecule has 1 fully saturated rings. The lowest BCUT2D eigenvalue weighted by Crippen LogP contribution is -2.40. The van der Waals surface area contributed by atoms with E-state index in [9.17, 15) is 13.2 Å². The zero-order chi connectivity index (χ0) is 17.3. The minimum Gasteiger partial charge on any atom is -0.339 e. The Morgan fingerprint density at radius 1 is 1.17 bits per heavy atom. The highest BCUT2D eigenvalue weighted by atomic mass is 32.2. The minimum atomic E-state index is -3.44. The number of sulfonamides is 1. The molecular weight excluding hydrogens is 312 g/mol. The van der Waals surface area contributed by atoms with Gasteiger partial charge in [0.1, 0.15) is 0 Å². The lowest BCUT2D eigenvalue weighted by atomic mass is 9.86. The van der Waals surface area contributed by atoms with Crippen LogP contribution in [-0.2, 0) is 15.4 Å². The molecule has 1 aromatic carbocycles. The summed E-state index contributed by atoms with van der Waals surface area (Å²) >= 11 is 0. The maximum absolute atomic E-state index is 12.5. The number of primary sulfonamides is 1. The lowest BCUT2D eigenvalue weighted by molar-refractivity contribution is 0.0698. The summed E-state index contributed by atoms with van der Waals surface area (Å²) in [7, 11) is -3.44. The molecule has 1 aromatic rings. The normalized spacial score (nSPS) is 17.3. The second-order valence-electron chi connectivity index (χ2n) is 7.39. The summed E-state index contributed by atoms with van der Waals surface area (Å²) in [6.45, 7) is 7.58. The first-order valence-corrected chi connectivity index (χ1v) is 9.68. The van der Waals surface area contributed by atoms with Crippen molar-refractivity contribution in [2.75, 3.05) is 18.8 Å². The lowest BCUT2D eigenvalue weighted by Gasteiger charge is -2.31. The quantitative estimate of drug-likeness (QED) is 0.917. The molecule has 23 heavy (non-hydrogen) atoms. The van der Waals surface area contributed by atoms with Crippen LogP contribution >= 0.6 is 0 Å². The zero-order valence-electron chi connectivity index (χ0n) is 14.1. The number of amides is 1. The molecule has 0 saturated carbocycles. The molecule has 6 heteroatoms. The summed E-state index contributed by atoms with van der Waals surface area (Å²) in [6, 6.07) is 7.75. The molecule has 1 aliphatic rings. The van der Waals surface area contributed by atoms with Gasteiger partial charge in [-0.25, -0.2) is 13.6 Å². The fourth-order valence-electron chi connectivity index (χ4n) is 2.93. The van der Waals surface area contributed by atoms with E-state index in [4.69, 9.17) is 5.14 Å². The predicted molar refractivity (Wildman–Crippen MR) is 91.7 cm³/mol. The van der Waals surface area contributed by atoms with Gasteiger partial charge in [-0.2, -0.15) is 0 Å². The molecule has 1 aliphatic heterocycles. The van der Waals surface area contributed by atoms with Crippen LogP contribution < -0.4 is 5.14 Å². The first-order valence-electron chi connectivity index (χ1n) is 7.96. The Hall–Kier alpha value is -1.40. The van der Waals surface area contributed by atoms with Crippen LogP contribution in [-0.4, -0.2) is 38.1 Å². The molecule has 1 saturated heterocycles. The standard InChI is InChI=1S/C17H26N2O3S/c1-17(2,3)15-6-4-14(5-7-15)16(20)19-10-8-13(9-11-19)12-23(18,21)22/h4-7,13H,8-12H2,1-3H3,(H2,18,21,22). The number of nitrogens with zero attached hydrogens (tertiary/aromatic N) is 1. The van der Waals surface area contributed by atoms with Gasteiger partial charge in [-0.15, -0.1) is 0 Å². The molecule has 2 N–H and O–H groups in total. The summed E-state index contributed by atoms with van der Waals surface area (Å²) in [5.74, 6) is 0.0757. The van der Waals surface area contributed by atoms with Gasteiger partial charge in [0.25, 0.3) is 5.91 Å². The largest absolute Gasteiger partial charge is 0.339 e. The molecule has 5 nitrogen and oxygen atoms in total. The number of hydrogen-bond acceptors (Lipinski definition) is 3. The third kappa shape index (κ3) is 5.04. The zero-order valence-corrected chi connectivity index (χ0v) is 14.9. The molecule has 0 spiro atoms. The van der Waals surface area contributed by atoms with Crippen LogP contribution in [0.1, 0.15) is 49.5 Å². The van der Waals surface area contributed by atoms with Crippen molar-refractivity contribution in [3.8, 4) is 0 Å². The number of carbonyl (C=O) groups is 1. The van der Waals surface area contributed by atoms with Gasteiger partial charge in [0.15, 0.2) is 0 Å². The highest BCUT2D eigenvalue weighted by Gasteiger charge is 2.26. The maximum atomic E-state index is 12.5. The number of hydrogen-bond donors (Lipinski definition) is 1. The molecule has 128 valence electrons. The van der Waals surface area contributed by atoms with Crippen LogP contribution in [0.3, 0.4) is 0 Å². The molecule has 0 aromatic heterocycles. The molecular formula is C17H26N2O3S. The van der Waals surface area contributed by atoms with Gasteiger partial charge in [-0.05, 0) is 41.9 Å². The Bertz CT molecular complexity index is 652. The Morgan fingerprint density at radius 3 is 2.13 bits per heavy atom. The third-order valence-corrected chi connectivity index (χ3v) is 5.30. The van der Waals surface area contributed by atoms with Gasteiger partial charge in [0, 0.05) is 18.7 Å². The van der Waals surface area contributed by atoms with E-state index in [1.807, 2.05) is 24.3 Å². The Labute approximate surface area is 138 Å². The fourth-order valence-corrected chi connectivity index (χ4v) is 3.92. The summed E-state index contributed by atoms with van der Waals surface area (Å²) in [6.07, 6.45) is 1.37. The van der Waals surface area contributed by atoms with E-state index in [1.54, 1.807) is 4.90 Å². The van der Waals surface area contributed by atoms with E-state index in [0.717, 1.165) is 0 Å². The minimum absolute atomic E-state index is 0.00924. The van der Waals surface area contributed by atoms with Gasteiger partial charge in [0.05, 0.1) is 5.75 Å². The van der Waals surface area contributed by atoms with Crippen LogP contribution in [0.25, 0.3) is 0 Å². The second kappa shape index (κ2) is 6.61. The molecule has 0 unspecified atom stereocenters. The maximum Gasteiger partial charge on any atom is 0.253 e. The number of benzene rings is 1. The van der Waals surface area contributed by atoms with Crippen molar-refractivity contribution < 1.29 is 13.2 Å². The SMILES string of the molecule is CC(C)(C)c1ccc(C(=O)N2CCC(CS(N)(=O)=O)CC2)cc1. The number of carbonyl (C=O) groups excluding carboxylic acids is 1. The second-order valence-corrected chi connectivity index (χ2v) is 9.05. The highest BCUT2D eigenvalue weighted by Crippen LogP contribution is 2.24. The predicted octanol–water partition coefficient (Wildman–Crippen LogP) is 2.12. The molecule has 2 rings (SSSR count). The van der Waals surface area contributed by atoms with E-state index in [0.29, 0.717) is 31.5 Å². The molecule has 0 bridgehead atoms. The third-order valence-electron chi connectivity index (χ3n) is 4.37. The molecule has 1 amide bonds. The van der Waals surface area contributed by atoms with Crippen molar-refractivity contribution in [3.63, 3.8) is 0 Å². The van der Waals surface area contributed by atoms with Gasteiger partial charge >= 0.3 is 0 Å². The summed E-state index contributed by atoms with van der Waals surface area (Å²) in [5.41, 5.74) is 1.94. The smallest absolute Gasteiger partial charge is 0.253 e. The van der Waals surface area contributed by atoms with Crippen molar-refractivity contribution in [3.05, 3.63) is 35.4 Å². The van der Waals surface area contributed by atoms with Gasteiger partial charge < -0.3 is 4.90 Å². The van der Waals surface area contributed by atoms with E-state index in [1.165, 1.54) is 5.56 Å². The Balaban J connectivity index is 1.97. The summed E-state index contributed by atoms with van der Waals surface area (Å²) in [4.78, 5) is 14.3. The van der Waals surface area contributed by atoms with E-state index < -0.39 is 10.0 Å². The first-order chi connectivity index (χ1) is 10.6. The van der Waals surface area contributed by atoms with E-state index in [-0.39, 0.29) is 23.0 Å². The van der Waals surface area contributed by atoms with E-state index in [2.05, 4.69) is 20.8 Å². The molecule has 0 radical (unpaired) electrons. The first kappa shape index (κ1) is 17.9. The van der Waals surface area contributed by atoms with Crippen LogP contribution in [0, 0.1) is 5.92 Å². The van der Waals surface area contributed by atoms with Crippen LogP contribution in [0.15, 0.2) is 24.3 Å². The fraction of sp³-hybridized carbons (Fsp3) is 0.588. The van der Waals surface area contributed by atoms with Crippen molar-refractivity contribution >= 4 is 15.9 Å². The van der Waals surface area contributed by atoms with Crippen molar-refractivity contribution in [2.24, 2.45) is 11.1 Å². The van der Waals surface area contributed by atoms with Crippen LogP contribution in [0.4, 0.5) is 0 Å². The molecule has 1 heterocycles. The van der Waals surface area contributed by atoms with Crippen molar-refractivity contribution in [1.29, 1.82) is 0 Å². The number of likely N-dealkylation sites (tertiary alicyclic amines) is 1. The Kier molecular flexibility index (Phi) is 5.16. The van der Waals surface area contributed by atoms with Gasteiger partial charge in [-0.3, -0.25) is 4.79 Å².